The smallest absolute Gasteiger partial charge is 0.481 e. The van der Waals surface area contributed by atoms with E-state index in [9.17, 15) is 28.8 Å². The third-order valence-electron chi connectivity index (χ3n) is 7.19. The molecule has 0 aliphatic rings. The number of aliphatic carboxylic acids is 2. The molecule has 0 amide bonds. The van der Waals surface area contributed by atoms with Gasteiger partial charge < -0.3 is 44.0 Å². The molecule has 0 rings (SSSR count). The zero-order valence-corrected chi connectivity index (χ0v) is 29.4. The van der Waals surface area contributed by atoms with Crippen molar-refractivity contribution >= 4 is 36.2 Å². The first-order chi connectivity index (χ1) is 23.6. The Bertz CT molecular complexity index is 857. The van der Waals surface area contributed by atoms with Crippen LogP contribution < -0.4 is 5.32 Å². The molecule has 0 heterocycles. The molecule has 284 valence electrons. The van der Waals surface area contributed by atoms with E-state index >= 15 is 0 Å². The molecule has 0 aliphatic carbocycles. The van der Waals surface area contributed by atoms with Gasteiger partial charge in [-0.05, 0) is 64.2 Å². The molecule has 0 fully saturated rings. The molecule has 15 heteroatoms. The lowest BCUT2D eigenvalue weighted by Crippen LogP contribution is -2.28. The molecule has 0 spiro atoms. The number of carbonyl (C=O) groups excluding carboxylic acids is 4. The van der Waals surface area contributed by atoms with E-state index in [0.29, 0.717) is 64.6 Å². The molecule has 2 unspecified atom stereocenters. The molecule has 49 heavy (non-hydrogen) atoms. The van der Waals surface area contributed by atoms with Crippen LogP contribution in [0.3, 0.4) is 0 Å². The number of carboxylic acids is 2. The maximum absolute atomic E-state index is 12.2. The first-order valence-corrected chi connectivity index (χ1v) is 17.7. The summed E-state index contributed by atoms with van der Waals surface area (Å²) in [6.45, 7) is 5.24. The quantitative estimate of drug-likeness (QED) is 0.0420. The van der Waals surface area contributed by atoms with Gasteiger partial charge in [0, 0.05) is 38.8 Å². The van der Waals surface area contributed by atoms with Crippen LogP contribution in [0.4, 0.5) is 9.59 Å². The van der Waals surface area contributed by atoms with Gasteiger partial charge in [0.2, 0.25) is 0 Å². The summed E-state index contributed by atoms with van der Waals surface area (Å²) in [6, 6.07) is 0. The van der Waals surface area contributed by atoms with E-state index in [2.05, 4.69) is 19.2 Å². The lowest BCUT2D eigenvalue weighted by Gasteiger charge is -2.18. The highest BCUT2D eigenvalue weighted by molar-refractivity contribution is 5.69. The van der Waals surface area contributed by atoms with E-state index in [1.54, 1.807) is 0 Å². The third-order valence-corrected chi connectivity index (χ3v) is 7.19. The first-order valence-electron chi connectivity index (χ1n) is 17.7. The van der Waals surface area contributed by atoms with Gasteiger partial charge in [-0.2, -0.15) is 0 Å². The van der Waals surface area contributed by atoms with Crippen LogP contribution >= 0.6 is 0 Å². The van der Waals surface area contributed by atoms with Crippen molar-refractivity contribution in [2.45, 2.75) is 142 Å². The summed E-state index contributed by atoms with van der Waals surface area (Å²) in [5.41, 5.74) is 0. The standard InChI is InChI=1S/C34H59NO14/c1-3-5-7-23-44-31(40)19-11-15-27(13-9-17-29(36)37)48-33(42)46-25-21-35-22-26-47-34(43)49-28(14-10-18-30(38)39)16-12-20-32(41)45-24-8-6-4-2/h27-28,35H,3-26H2,1-2H3,(H,36,37)(H,38,39). The van der Waals surface area contributed by atoms with Gasteiger partial charge in [-0.25, -0.2) is 9.59 Å². The second kappa shape index (κ2) is 31.6. The maximum Gasteiger partial charge on any atom is 0.508 e. The molecule has 0 aromatic heterocycles. The summed E-state index contributed by atoms with van der Waals surface area (Å²) in [6.07, 6.45) is 5.53. The monoisotopic (exact) mass is 705 g/mol. The molecule has 0 bridgehead atoms. The van der Waals surface area contributed by atoms with Crippen molar-refractivity contribution in [3.8, 4) is 0 Å². The molecule has 0 aliphatic heterocycles. The van der Waals surface area contributed by atoms with Crippen LogP contribution in [0.25, 0.3) is 0 Å². The number of nitrogens with one attached hydrogen (secondary N) is 1. The van der Waals surface area contributed by atoms with E-state index in [-0.39, 0.29) is 63.9 Å². The number of carboxylic acid groups (broad SMARTS) is 2. The van der Waals surface area contributed by atoms with E-state index in [4.69, 9.17) is 38.6 Å². The van der Waals surface area contributed by atoms with Gasteiger partial charge in [0.05, 0.1) is 13.2 Å². The third kappa shape index (κ3) is 31.4. The molecule has 0 aromatic carbocycles. The summed E-state index contributed by atoms with van der Waals surface area (Å²) in [4.78, 5) is 70.0. The Labute approximate surface area is 290 Å². The van der Waals surface area contributed by atoms with Gasteiger partial charge in [-0.1, -0.05) is 39.5 Å². The van der Waals surface area contributed by atoms with E-state index in [1.807, 2.05) is 0 Å². The SMILES string of the molecule is CCCCCOC(=O)CCCC(CCCC(=O)O)OC(=O)OCCNCCOC(=O)OC(CCCC(=O)O)CCCC(=O)OCCCCC. The first kappa shape index (κ1) is 45.4. The normalized spacial score (nSPS) is 12.0. The molecule has 15 nitrogen and oxygen atoms in total. The van der Waals surface area contributed by atoms with Crippen molar-refractivity contribution in [3.05, 3.63) is 0 Å². The van der Waals surface area contributed by atoms with Gasteiger partial charge in [-0.3, -0.25) is 19.2 Å². The Morgan fingerprint density at radius 2 is 0.857 bits per heavy atom. The Morgan fingerprint density at radius 3 is 1.20 bits per heavy atom. The van der Waals surface area contributed by atoms with Gasteiger partial charge in [-0.15, -0.1) is 0 Å². The van der Waals surface area contributed by atoms with Crippen LogP contribution in [0.5, 0.6) is 0 Å². The zero-order chi connectivity index (χ0) is 36.5. The number of hydrogen-bond donors (Lipinski definition) is 3. The van der Waals surface area contributed by atoms with Gasteiger partial charge in [0.1, 0.15) is 25.4 Å². The van der Waals surface area contributed by atoms with Crippen LogP contribution in [-0.2, 0) is 47.6 Å². The van der Waals surface area contributed by atoms with Gasteiger partial charge in [0.15, 0.2) is 0 Å². The van der Waals surface area contributed by atoms with E-state index in [0.717, 1.165) is 38.5 Å². The molecule has 2 atom stereocenters. The Hall–Kier alpha value is -3.62. The summed E-state index contributed by atoms with van der Waals surface area (Å²) >= 11 is 0. The second-order valence-corrected chi connectivity index (χ2v) is 11.6. The average Bonchev–Trinajstić information content (AvgIpc) is 3.04. The Kier molecular flexibility index (Phi) is 29.3. The van der Waals surface area contributed by atoms with Crippen molar-refractivity contribution in [1.29, 1.82) is 0 Å². The molecular weight excluding hydrogens is 646 g/mol. The molecule has 0 radical (unpaired) electrons. The lowest BCUT2D eigenvalue weighted by atomic mass is 10.1. The maximum atomic E-state index is 12.2. The summed E-state index contributed by atoms with van der Waals surface area (Å²) in [5.74, 6) is -2.56. The predicted molar refractivity (Wildman–Crippen MR) is 177 cm³/mol. The predicted octanol–water partition coefficient (Wildman–Crippen LogP) is 5.94. The van der Waals surface area contributed by atoms with Crippen LogP contribution in [0, 0.1) is 0 Å². The van der Waals surface area contributed by atoms with Gasteiger partial charge in [0.25, 0.3) is 0 Å². The largest absolute Gasteiger partial charge is 0.508 e. The van der Waals surface area contributed by atoms with Crippen molar-refractivity contribution in [1.82, 2.24) is 5.32 Å². The summed E-state index contributed by atoms with van der Waals surface area (Å²) < 4.78 is 31.2. The van der Waals surface area contributed by atoms with E-state index < -0.39 is 36.5 Å². The minimum absolute atomic E-state index is 0.0398. The fourth-order valence-corrected chi connectivity index (χ4v) is 4.53. The zero-order valence-electron chi connectivity index (χ0n) is 29.4. The fraction of sp³-hybridized carbons (Fsp3) is 0.824. The number of esters is 2. The highest BCUT2D eigenvalue weighted by atomic mass is 16.7. The number of hydrogen-bond acceptors (Lipinski definition) is 13. The van der Waals surface area contributed by atoms with Crippen molar-refractivity contribution < 1.29 is 67.4 Å². The number of unbranched alkanes of at least 4 members (excludes halogenated alkanes) is 4. The van der Waals surface area contributed by atoms with Gasteiger partial charge >= 0.3 is 36.2 Å². The van der Waals surface area contributed by atoms with Crippen molar-refractivity contribution in [2.75, 3.05) is 39.5 Å². The average molecular weight is 706 g/mol. The molecular formula is C34H59NO14. The van der Waals surface area contributed by atoms with Crippen molar-refractivity contribution in [2.24, 2.45) is 0 Å². The van der Waals surface area contributed by atoms with Crippen molar-refractivity contribution in [3.63, 3.8) is 0 Å². The molecule has 0 saturated heterocycles. The molecule has 3 N–H and O–H groups in total. The topological polar surface area (TPSA) is 210 Å². The summed E-state index contributed by atoms with van der Waals surface area (Å²) in [5, 5.41) is 20.8. The van der Waals surface area contributed by atoms with Crippen LogP contribution in [0.2, 0.25) is 0 Å². The van der Waals surface area contributed by atoms with E-state index in [1.165, 1.54) is 0 Å². The van der Waals surface area contributed by atoms with Crippen LogP contribution in [-0.4, -0.2) is 98.1 Å². The Balaban J connectivity index is 4.37. The molecule has 0 aromatic rings. The lowest BCUT2D eigenvalue weighted by molar-refractivity contribution is -0.145. The number of carbonyl (C=O) groups is 6. The highest BCUT2D eigenvalue weighted by Crippen LogP contribution is 2.16. The Morgan fingerprint density at radius 1 is 0.490 bits per heavy atom. The minimum atomic E-state index is -0.956. The van der Waals surface area contributed by atoms with Crippen LogP contribution in [0.15, 0.2) is 0 Å². The molecule has 0 saturated carbocycles. The second-order valence-electron chi connectivity index (χ2n) is 11.6. The highest BCUT2D eigenvalue weighted by Gasteiger charge is 2.19. The number of rotatable bonds is 32. The summed E-state index contributed by atoms with van der Waals surface area (Å²) in [7, 11) is 0. The number of ether oxygens (including phenoxy) is 6. The fourth-order valence-electron chi connectivity index (χ4n) is 4.53. The van der Waals surface area contributed by atoms with Crippen LogP contribution in [0.1, 0.15) is 129 Å². The minimum Gasteiger partial charge on any atom is -0.481 e.